The molecule has 21 heavy (non-hydrogen) atoms. The van der Waals surface area contributed by atoms with Crippen LogP contribution in [0.2, 0.25) is 0 Å². The van der Waals surface area contributed by atoms with Crippen LogP contribution in [-0.2, 0) is 4.79 Å². The van der Waals surface area contributed by atoms with Crippen molar-refractivity contribution >= 4 is 5.91 Å². The van der Waals surface area contributed by atoms with E-state index in [0.717, 1.165) is 44.4 Å². The maximum atomic E-state index is 12.2. The molecule has 2 rings (SSSR count). The third-order valence-electron chi connectivity index (χ3n) is 5.29. The summed E-state index contributed by atoms with van der Waals surface area (Å²) in [5.41, 5.74) is -0.619. The molecule has 4 nitrogen and oxygen atoms in total. The van der Waals surface area contributed by atoms with Gasteiger partial charge in [0.15, 0.2) is 0 Å². The highest BCUT2D eigenvalue weighted by molar-refractivity contribution is 5.81. The fraction of sp³-hybridized carbons (Fsp3) is 0.941. The van der Waals surface area contributed by atoms with Crippen LogP contribution in [0.15, 0.2) is 0 Å². The Bertz CT molecular complexity index is 332. The van der Waals surface area contributed by atoms with Gasteiger partial charge in [-0.25, -0.2) is 0 Å². The number of aliphatic hydroxyl groups is 1. The van der Waals surface area contributed by atoms with Crippen molar-refractivity contribution < 1.29 is 9.90 Å². The third-order valence-corrected chi connectivity index (χ3v) is 5.29. The summed E-state index contributed by atoms with van der Waals surface area (Å²) >= 11 is 0. The molecular weight excluding hydrogens is 264 g/mol. The van der Waals surface area contributed by atoms with E-state index < -0.39 is 5.60 Å². The first kappa shape index (κ1) is 16.8. The molecular formula is C17H32N2O2. The minimum atomic E-state index is -0.619. The Morgan fingerprint density at radius 1 is 1.19 bits per heavy atom. The quantitative estimate of drug-likeness (QED) is 0.730. The van der Waals surface area contributed by atoms with Gasteiger partial charge in [-0.3, -0.25) is 4.79 Å². The predicted molar refractivity (Wildman–Crippen MR) is 85.1 cm³/mol. The minimum absolute atomic E-state index is 0.0784. The zero-order chi connectivity index (χ0) is 15.3. The van der Waals surface area contributed by atoms with E-state index in [1.807, 2.05) is 6.92 Å². The van der Waals surface area contributed by atoms with Crippen molar-refractivity contribution in [3.05, 3.63) is 0 Å². The standard InChI is InChI=1S/C17H32N2O2/c1-13-8-10-17(21,11-9-13)12-18-14(2)16(20)19-15-6-4-3-5-7-15/h13-15,18,21H,3-12H2,1-2H3,(H,19,20). The number of nitrogens with one attached hydrogen (secondary N) is 2. The van der Waals surface area contributed by atoms with E-state index in [1.54, 1.807) is 0 Å². The maximum Gasteiger partial charge on any atom is 0.237 e. The van der Waals surface area contributed by atoms with E-state index in [4.69, 9.17) is 0 Å². The molecule has 1 amide bonds. The van der Waals surface area contributed by atoms with Crippen molar-refractivity contribution in [2.24, 2.45) is 5.92 Å². The van der Waals surface area contributed by atoms with Gasteiger partial charge < -0.3 is 15.7 Å². The highest BCUT2D eigenvalue weighted by atomic mass is 16.3. The molecule has 122 valence electrons. The molecule has 2 fully saturated rings. The van der Waals surface area contributed by atoms with Gasteiger partial charge in [0.05, 0.1) is 11.6 Å². The fourth-order valence-corrected chi connectivity index (χ4v) is 3.49. The first-order valence-corrected chi connectivity index (χ1v) is 8.75. The Hall–Kier alpha value is -0.610. The van der Waals surface area contributed by atoms with E-state index in [-0.39, 0.29) is 11.9 Å². The lowest BCUT2D eigenvalue weighted by atomic mass is 9.79. The van der Waals surface area contributed by atoms with Gasteiger partial charge in [-0.15, -0.1) is 0 Å². The molecule has 4 heteroatoms. The molecule has 0 saturated heterocycles. The van der Waals surface area contributed by atoms with Crippen molar-refractivity contribution in [3.8, 4) is 0 Å². The van der Waals surface area contributed by atoms with E-state index in [2.05, 4.69) is 17.6 Å². The van der Waals surface area contributed by atoms with Gasteiger partial charge in [-0.05, 0) is 51.4 Å². The van der Waals surface area contributed by atoms with Crippen molar-refractivity contribution in [1.82, 2.24) is 10.6 Å². The van der Waals surface area contributed by atoms with Gasteiger partial charge in [0, 0.05) is 12.6 Å². The monoisotopic (exact) mass is 296 g/mol. The highest BCUT2D eigenvalue weighted by Gasteiger charge is 2.32. The summed E-state index contributed by atoms with van der Waals surface area (Å²) in [6.07, 6.45) is 9.83. The smallest absolute Gasteiger partial charge is 0.237 e. The summed E-state index contributed by atoms with van der Waals surface area (Å²) in [7, 11) is 0. The number of carbonyl (C=O) groups excluding carboxylic acids is 1. The lowest BCUT2D eigenvalue weighted by Crippen LogP contribution is -2.51. The molecule has 0 aromatic carbocycles. The topological polar surface area (TPSA) is 61.4 Å². The van der Waals surface area contributed by atoms with Crippen LogP contribution in [0.3, 0.4) is 0 Å². The molecule has 0 radical (unpaired) electrons. The van der Waals surface area contributed by atoms with E-state index >= 15 is 0 Å². The largest absolute Gasteiger partial charge is 0.389 e. The lowest BCUT2D eigenvalue weighted by molar-refractivity contribution is -0.124. The van der Waals surface area contributed by atoms with E-state index in [1.165, 1.54) is 19.3 Å². The molecule has 2 aliphatic rings. The normalized spacial score (nSPS) is 32.6. The second kappa shape index (κ2) is 7.59. The second-order valence-electron chi connectivity index (χ2n) is 7.35. The number of amides is 1. The van der Waals surface area contributed by atoms with Gasteiger partial charge in [0.2, 0.25) is 5.91 Å². The Morgan fingerprint density at radius 3 is 2.43 bits per heavy atom. The van der Waals surface area contributed by atoms with Crippen molar-refractivity contribution in [1.29, 1.82) is 0 Å². The van der Waals surface area contributed by atoms with E-state index in [0.29, 0.717) is 12.6 Å². The van der Waals surface area contributed by atoms with Crippen LogP contribution in [0, 0.1) is 5.92 Å². The van der Waals surface area contributed by atoms with Crippen LogP contribution < -0.4 is 10.6 Å². The Morgan fingerprint density at radius 2 is 1.81 bits per heavy atom. The van der Waals surface area contributed by atoms with Crippen LogP contribution in [0.5, 0.6) is 0 Å². The number of rotatable bonds is 5. The molecule has 0 aromatic heterocycles. The molecule has 0 bridgehead atoms. The predicted octanol–water partition coefficient (Wildman–Crippen LogP) is 2.35. The SMILES string of the molecule is CC1CCC(O)(CNC(C)C(=O)NC2CCCCC2)CC1. The molecule has 0 aliphatic heterocycles. The summed E-state index contributed by atoms with van der Waals surface area (Å²) in [6.45, 7) is 4.67. The van der Waals surface area contributed by atoms with Gasteiger partial charge in [-0.2, -0.15) is 0 Å². The summed E-state index contributed by atoms with van der Waals surface area (Å²) in [5.74, 6) is 0.798. The van der Waals surface area contributed by atoms with Gasteiger partial charge in [0.1, 0.15) is 0 Å². The molecule has 0 aromatic rings. The molecule has 0 heterocycles. The Balaban J connectivity index is 1.70. The van der Waals surface area contributed by atoms with Crippen molar-refractivity contribution in [3.63, 3.8) is 0 Å². The van der Waals surface area contributed by atoms with Crippen molar-refractivity contribution in [2.45, 2.75) is 89.3 Å². The first-order chi connectivity index (χ1) is 9.98. The second-order valence-corrected chi connectivity index (χ2v) is 7.35. The van der Waals surface area contributed by atoms with Crippen LogP contribution in [-0.4, -0.2) is 35.2 Å². The molecule has 1 atom stereocenters. The third kappa shape index (κ3) is 5.26. The number of carbonyl (C=O) groups is 1. The van der Waals surface area contributed by atoms with E-state index in [9.17, 15) is 9.90 Å². The zero-order valence-corrected chi connectivity index (χ0v) is 13.7. The number of hydrogen-bond acceptors (Lipinski definition) is 3. The van der Waals surface area contributed by atoms with Crippen LogP contribution in [0.25, 0.3) is 0 Å². The van der Waals surface area contributed by atoms with Crippen LogP contribution in [0.4, 0.5) is 0 Å². The molecule has 3 N–H and O–H groups in total. The van der Waals surface area contributed by atoms with Crippen molar-refractivity contribution in [2.75, 3.05) is 6.54 Å². The average molecular weight is 296 g/mol. The summed E-state index contributed by atoms with van der Waals surface area (Å²) < 4.78 is 0. The maximum absolute atomic E-state index is 12.2. The zero-order valence-electron chi connectivity index (χ0n) is 13.7. The fourth-order valence-electron chi connectivity index (χ4n) is 3.49. The van der Waals surface area contributed by atoms with Crippen LogP contribution >= 0.6 is 0 Å². The Labute approximate surface area is 129 Å². The van der Waals surface area contributed by atoms with Gasteiger partial charge in [0.25, 0.3) is 0 Å². The van der Waals surface area contributed by atoms with Crippen LogP contribution in [0.1, 0.15) is 71.6 Å². The molecule has 2 aliphatic carbocycles. The first-order valence-electron chi connectivity index (χ1n) is 8.75. The Kier molecular flexibility index (Phi) is 6.06. The van der Waals surface area contributed by atoms with Gasteiger partial charge >= 0.3 is 0 Å². The average Bonchev–Trinajstić information content (AvgIpc) is 2.49. The summed E-state index contributed by atoms with van der Waals surface area (Å²) in [4.78, 5) is 12.2. The lowest BCUT2D eigenvalue weighted by Gasteiger charge is -2.36. The summed E-state index contributed by atoms with van der Waals surface area (Å²) in [5, 5.41) is 16.9. The minimum Gasteiger partial charge on any atom is -0.389 e. The molecule has 2 saturated carbocycles. The van der Waals surface area contributed by atoms with Gasteiger partial charge in [-0.1, -0.05) is 26.2 Å². The summed E-state index contributed by atoms with van der Waals surface area (Å²) in [6, 6.07) is 0.129. The molecule has 0 spiro atoms. The molecule has 1 unspecified atom stereocenters. The number of hydrogen-bond donors (Lipinski definition) is 3. The highest BCUT2D eigenvalue weighted by Crippen LogP contribution is 2.31.